The topological polar surface area (TPSA) is 15.3 Å². The predicted molar refractivity (Wildman–Crippen MR) is 88.2 cm³/mol. The summed E-state index contributed by atoms with van der Waals surface area (Å²) in [7, 11) is 4.20. The van der Waals surface area contributed by atoms with Gasteiger partial charge in [0.2, 0.25) is 0 Å². The molecule has 0 bridgehead atoms. The van der Waals surface area contributed by atoms with E-state index in [0.29, 0.717) is 6.04 Å². The van der Waals surface area contributed by atoms with Gasteiger partial charge in [0, 0.05) is 17.5 Å². The van der Waals surface area contributed by atoms with Crippen molar-refractivity contribution in [2.75, 3.05) is 20.6 Å². The molecule has 1 heterocycles. The Morgan fingerprint density at radius 3 is 2.43 bits per heavy atom. The zero-order chi connectivity index (χ0) is 15.2. The van der Waals surface area contributed by atoms with Gasteiger partial charge in [-0.2, -0.15) is 0 Å². The molecule has 114 valence electrons. The van der Waals surface area contributed by atoms with Crippen LogP contribution in [0.3, 0.4) is 0 Å². The van der Waals surface area contributed by atoms with E-state index in [4.69, 9.17) is 0 Å². The van der Waals surface area contributed by atoms with Gasteiger partial charge in [-0.3, -0.25) is 0 Å². The number of likely N-dealkylation sites (N-methyl/N-ethyl adjacent to an activating group) is 1. The molecule has 0 aliphatic rings. The van der Waals surface area contributed by atoms with Crippen LogP contribution in [0.4, 0.5) is 4.39 Å². The van der Waals surface area contributed by atoms with Crippen LogP contribution in [0.5, 0.6) is 0 Å². The van der Waals surface area contributed by atoms with Gasteiger partial charge >= 0.3 is 0 Å². The van der Waals surface area contributed by atoms with Crippen molar-refractivity contribution in [3.63, 3.8) is 0 Å². The van der Waals surface area contributed by atoms with E-state index in [1.807, 2.05) is 12.1 Å². The summed E-state index contributed by atoms with van der Waals surface area (Å²) in [4.78, 5) is 3.59. The van der Waals surface area contributed by atoms with E-state index in [2.05, 4.69) is 48.7 Å². The lowest BCUT2D eigenvalue weighted by Gasteiger charge is -2.26. The van der Waals surface area contributed by atoms with Crippen LogP contribution < -0.4 is 5.32 Å². The molecule has 0 saturated heterocycles. The van der Waals surface area contributed by atoms with E-state index >= 15 is 0 Å². The standard InChI is InChI=1S/C17H23FN2S/c1-4-15(13-7-9-14(18)10-8-13)19-12-16(20(2)3)17-6-5-11-21-17/h5-11,15-16,19H,4,12H2,1-3H3. The summed E-state index contributed by atoms with van der Waals surface area (Å²) < 4.78 is 13.0. The molecule has 0 amide bonds. The van der Waals surface area contributed by atoms with Gasteiger partial charge in [-0.05, 0) is 49.7 Å². The van der Waals surface area contributed by atoms with E-state index in [1.54, 1.807) is 11.3 Å². The minimum Gasteiger partial charge on any atom is -0.308 e. The highest BCUT2D eigenvalue weighted by molar-refractivity contribution is 7.10. The Kier molecular flexibility index (Phi) is 5.91. The molecule has 0 fully saturated rings. The Bertz CT molecular complexity index is 522. The van der Waals surface area contributed by atoms with Gasteiger partial charge < -0.3 is 10.2 Å². The summed E-state index contributed by atoms with van der Waals surface area (Å²) in [6.45, 7) is 3.03. The largest absolute Gasteiger partial charge is 0.308 e. The van der Waals surface area contributed by atoms with Crippen LogP contribution in [0, 0.1) is 5.82 Å². The van der Waals surface area contributed by atoms with Crippen LogP contribution in [0.15, 0.2) is 41.8 Å². The fourth-order valence-electron chi connectivity index (χ4n) is 2.47. The Balaban J connectivity index is 2.03. The highest BCUT2D eigenvalue weighted by Gasteiger charge is 2.17. The highest BCUT2D eigenvalue weighted by atomic mass is 32.1. The molecular formula is C17H23FN2S. The molecular weight excluding hydrogens is 283 g/mol. The number of benzene rings is 1. The third-order valence-electron chi connectivity index (χ3n) is 3.73. The molecule has 0 spiro atoms. The lowest BCUT2D eigenvalue weighted by atomic mass is 10.0. The summed E-state index contributed by atoms with van der Waals surface area (Å²) in [6, 6.07) is 11.7. The zero-order valence-corrected chi connectivity index (χ0v) is 13.7. The van der Waals surface area contributed by atoms with Gasteiger partial charge in [-0.25, -0.2) is 4.39 Å². The third kappa shape index (κ3) is 4.37. The second-order valence-corrected chi connectivity index (χ2v) is 6.39. The van der Waals surface area contributed by atoms with E-state index in [-0.39, 0.29) is 11.9 Å². The molecule has 1 N–H and O–H groups in total. The predicted octanol–water partition coefficient (Wildman–Crippen LogP) is 4.23. The zero-order valence-electron chi connectivity index (χ0n) is 12.8. The van der Waals surface area contributed by atoms with E-state index < -0.39 is 0 Å². The van der Waals surface area contributed by atoms with Gasteiger partial charge in [0.1, 0.15) is 5.82 Å². The van der Waals surface area contributed by atoms with Gasteiger partial charge in [0.25, 0.3) is 0 Å². The van der Waals surface area contributed by atoms with Crippen LogP contribution in [-0.2, 0) is 0 Å². The molecule has 1 aromatic heterocycles. The molecule has 2 atom stereocenters. The van der Waals surface area contributed by atoms with Crippen molar-refractivity contribution in [3.05, 3.63) is 58.0 Å². The Hall–Kier alpha value is -1.23. The number of hydrogen-bond donors (Lipinski definition) is 1. The molecule has 0 aliphatic heterocycles. The lowest BCUT2D eigenvalue weighted by molar-refractivity contribution is 0.282. The summed E-state index contributed by atoms with van der Waals surface area (Å²) in [5.74, 6) is -0.182. The smallest absolute Gasteiger partial charge is 0.123 e. The molecule has 1 aromatic carbocycles. The first-order chi connectivity index (χ1) is 10.1. The average molecular weight is 306 g/mol. The normalized spacial score (nSPS) is 14.3. The SMILES string of the molecule is CCC(NCC(c1cccs1)N(C)C)c1ccc(F)cc1. The van der Waals surface area contributed by atoms with Crippen LogP contribution in [0.25, 0.3) is 0 Å². The first-order valence-electron chi connectivity index (χ1n) is 7.30. The van der Waals surface area contributed by atoms with Gasteiger partial charge in [0.15, 0.2) is 0 Å². The van der Waals surface area contributed by atoms with Crippen molar-refractivity contribution in [2.45, 2.75) is 25.4 Å². The highest BCUT2D eigenvalue weighted by Crippen LogP contribution is 2.24. The Morgan fingerprint density at radius 1 is 1.19 bits per heavy atom. The van der Waals surface area contributed by atoms with Crippen molar-refractivity contribution in [1.29, 1.82) is 0 Å². The van der Waals surface area contributed by atoms with E-state index in [1.165, 1.54) is 17.0 Å². The Morgan fingerprint density at radius 2 is 1.90 bits per heavy atom. The number of halogens is 1. The Labute approximate surface area is 130 Å². The maximum Gasteiger partial charge on any atom is 0.123 e. The molecule has 2 unspecified atom stereocenters. The van der Waals surface area contributed by atoms with Gasteiger partial charge in [0.05, 0.1) is 6.04 Å². The van der Waals surface area contributed by atoms with Crippen molar-refractivity contribution in [1.82, 2.24) is 10.2 Å². The summed E-state index contributed by atoms with van der Waals surface area (Å²) in [5.41, 5.74) is 1.14. The number of thiophene rings is 1. The lowest BCUT2D eigenvalue weighted by Crippen LogP contribution is -2.32. The minimum atomic E-state index is -0.182. The molecule has 0 saturated carbocycles. The molecule has 2 nitrogen and oxygen atoms in total. The summed E-state index contributed by atoms with van der Waals surface area (Å²) in [6.07, 6.45) is 0.982. The number of nitrogens with zero attached hydrogens (tertiary/aromatic N) is 1. The van der Waals surface area contributed by atoms with Gasteiger partial charge in [-0.15, -0.1) is 11.3 Å². The average Bonchev–Trinajstić information content (AvgIpc) is 2.98. The maximum absolute atomic E-state index is 13.0. The fraction of sp³-hybridized carbons (Fsp3) is 0.412. The second kappa shape index (κ2) is 7.69. The van der Waals surface area contributed by atoms with Crippen molar-refractivity contribution >= 4 is 11.3 Å². The monoisotopic (exact) mass is 306 g/mol. The first-order valence-corrected chi connectivity index (χ1v) is 8.18. The molecule has 2 aromatic rings. The number of rotatable bonds is 7. The van der Waals surface area contributed by atoms with Crippen molar-refractivity contribution < 1.29 is 4.39 Å². The third-order valence-corrected chi connectivity index (χ3v) is 4.71. The van der Waals surface area contributed by atoms with E-state index in [9.17, 15) is 4.39 Å². The molecule has 0 aliphatic carbocycles. The van der Waals surface area contributed by atoms with Crippen molar-refractivity contribution in [2.24, 2.45) is 0 Å². The van der Waals surface area contributed by atoms with Crippen LogP contribution in [0.2, 0.25) is 0 Å². The molecule has 0 radical (unpaired) electrons. The van der Waals surface area contributed by atoms with Crippen LogP contribution in [0.1, 0.15) is 35.9 Å². The van der Waals surface area contributed by atoms with E-state index in [0.717, 1.165) is 18.5 Å². The maximum atomic E-state index is 13.0. The first kappa shape index (κ1) is 16.1. The van der Waals surface area contributed by atoms with Crippen molar-refractivity contribution in [3.8, 4) is 0 Å². The quantitative estimate of drug-likeness (QED) is 0.823. The van der Waals surface area contributed by atoms with Crippen LogP contribution in [-0.4, -0.2) is 25.5 Å². The number of nitrogens with one attached hydrogen (secondary N) is 1. The summed E-state index contributed by atoms with van der Waals surface area (Å²) in [5, 5.41) is 5.73. The molecule has 2 rings (SSSR count). The molecule has 4 heteroatoms. The number of hydrogen-bond acceptors (Lipinski definition) is 3. The van der Waals surface area contributed by atoms with Crippen LogP contribution >= 0.6 is 11.3 Å². The second-order valence-electron chi connectivity index (χ2n) is 5.42. The minimum absolute atomic E-state index is 0.182. The van der Waals surface area contributed by atoms with Gasteiger partial charge in [-0.1, -0.05) is 25.1 Å². The fourth-order valence-corrected chi connectivity index (χ4v) is 3.39. The summed E-state index contributed by atoms with van der Waals surface area (Å²) >= 11 is 1.79. The molecule has 21 heavy (non-hydrogen) atoms.